The van der Waals surface area contributed by atoms with E-state index in [4.69, 9.17) is 4.74 Å². The van der Waals surface area contributed by atoms with Gasteiger partial charge in [-0.3, -0.25) is 5.32 Å². The number of benzene rings is 1. The zero-order chi connectivity index (χ0) is 10.9. The molecule has 1 aliphatic heterocycles. The third kappa shape index (κ3) is 1.41. The van der Waals surface area contributed by atoms with Crippen molar-refractivity contribution >= 4 is 0 Å². The summed E-state index contributed by atoms with van der Waals surface area (Å²) in [4.78, 5) is 0. The fraction of sp³-hybridized carbons (Fsp3) is 0.364. The molecule has 1 heterocycles. The molecule has 0 spiro atoms. The molecule has 1 aromatic rings. The van der Waals surface area contributed by atoms with Gasteiger partial charge >= 0.3 is 0 Å². The minimum absolute atomic E-state index is 0.152. The summed E-state index contributed by atoms with van der Waals surface area (Å²) in [6.07, 6.45) is 0. The smallest absolute Gasteiger partial charge is 0.170 e. The van der Waals surface area contributed by atoms with Gasteiger partial charge in [0.05, 0.1) is 6.07 Å². The Labute approximate surface area is 88.1 Å². The second-order valence-corrected chi connectivity index (χ2v) is 3.52. The number of likely N-dealkylation sites (N-methyl/N-ethyl adjacent to an activating group) is 1. The Morgan fingerprint density at radius 3 is 3.13 bits per heavy atom. The summed E-state index contributed by atoms with van der Waals surface area (Å²) in [5.74, 6) is 0.733. The van der Waals surface area contributed by atoms with Crippen molar-refractivity contribution in [1.29, 1.82) is 5.26 Å². The molecule has 78 valence electrons. The number of phenols is 1. The summed E-state index contributed by atoms with van der Waals surface area (Å²) in [7, 11) is 0. The van der Waals surface area contributed by atoms with Crippen molar-refractivity contribution in [1.82, 2.24) is 5.32 Å². The predicted molar refractivity (Wildman–Crippen MR) is 54.6 cm³/mol. The average Bonchev–Trinajstić information content (AvgIpc) is 2.58. The minimum atomic E-state index is -0.766. The number of rotatable bonds is 2. The number of phenolic OH excluding ortho intramolecular Hbond substituents is 1. The fourth-order valence-corrected chi connectivity index (χ4v) is 1.83. The van der Waals surface area contributed by atoms with Crippen molar-refractivity contribution < 1.29 is 9.84 Å². The van der Waals surface area contributed by atoms with E-state index < -0.39 is 5.54 Å². The molecule has 0 aromatic heterocycles. The molecule has 1 atom stereocenters. The van der Waals surface area contributed by atoms with Crippen molar-refractivity contribution in [2.45, 2.75) is 12.5 Å². The minimum Gasteiger partial charge on any atom is -0.508 e. The molecule has 4 nitrogen and oxygen atoms in total. The lowest BCUT2D eigenvalue weighted by Crippen LogP contribution is -2.42. The van der Waals surface area contributed by atoms with Crippen LogP contribution in [0.3, 0.4) is 0 Å². The summed E-state index contributed by atoms with van der Waals surface area (Å²) in [5.41, 5.74) is 0.0299. The quantitative estimate of drug-likeness (QED) is 0.757. The highest BCUT2D eigenvalue weighted by Gasteiger charge is 2.40. The molecule has 15 heavy (non-hydrogen) atoms. The fourth-order valence-electron chi connectivity index (χ4n) is 1.83. The average molecular weight is 204 g/mol. The summed E-state index contributed by atoms with van der Waals surface area (Å²) in [6.45, 7) is 2.92. The molecular formula is C11H12N2O2. The van der Waals surface area contributed by atoms with Gasteiger partial charge in [-0.25, -0.2) is 0 Å². The first-order valence-electron chi connectivity index (χ1n) is 4.84. The van der Waals surface area contributed by atoms with Crippen LogP contribution in [0.5, 0.6) is 11.5 Å². The molecule has 0 amide bonds. The molecule has 0 radical (unpaired) electrons. The van der Waals surface area contributed by atoms with E-state index in [-0.39, 0.29) is 12.4 Å². The monoisotopic (exact) mass is 204 g/mol. The Hall–Kier alpha value is -1.73. The Kier molecular flexibility index (Phi) is 2.25. The van der Waals surface area contributed by atoms with E-state index in [1.807, 2.05) is 6.92 Å². The van der Waals surface area contributed by atoms with Gasteiger partial charge in [-0.05, 0) is 18.7 Å². The number of hydrogen-bond acceptors (Lipinski definition) is 4. The number of aromatic hydroxyl groups is 1. The summed E-state index contributed by atoms with van der Waals surface area (Å²) >= 11 is 0. The Bertz CT molecular complexity index is 425. The number of nitrogens with one attached hydrogen (secondary N) is 1. The van der Waals surface area contributed by atoms with Crippen LogP contribution in [0.1, 0.15) is 12.5 Å². The lowest BCUT2D eigenvalue weighted by Gasteiger charge is -2.19. The van der Waals surface area contributed by atoms with Crippen molar-refractivity contribution in [2.75, 3.05) is 13.2 Å². The Balaban J connectivity index is 2.47. The third-order valence-corrected chi connectivity index (χ3v) is 2.54. The lowest BCUT2D eigenvalue weighted by molar-refractivity contribution is 0.273. The Morgan fingerprint density at radius 2 is 2.47 bits per heavy atom. The van der Waals surface area contributed by atoms with Crippen LogP contribution in [0.15, 0.2) is 18.2 Å². The molecule has 0 bridgehead atoms. The summed E-state index contributed by atoms with van der Waals surface area (Å²) < 4.78 is 5.39. The highest BCUT2D eigenvalue weighted by atomic mass is 16.5. The van der Waals surface area contributed by atoms with Crippen LogP contribution in [0, 0.1) is 11.3 Å². The number of nitriles is 1. The van der Waals surface area contributed by atoms with E-state index in [2.05, 4.69) is 11.4 Å². The van der Waals surface area contributed by atoms with E-state index >= 15 is 0 Å². The van der Waals surface area contributed by atoms with Crippen LogP contribution in [-0.4, -0.2) is 18.3 Å². The number of ether oxygens (including phenoxy) is 1. The SMILES string of the molecule is CCNC1(C#N)COc2cc(O)ccc21. The highest BCUT2D eigenvalue weighted by molar-refractivity contribution is 5.50. The first kappa shape index (κ1) is 9.81. The number of fused-ring (bicyclic) bond motifs is 1. The van der Waals surface area contributed by atoms with Gasteiger partial charge in [0.2, 0.25) is 0 Å². The maximum absolute atomic E-state index is 9.29. The molecule has 2 rings (SSSR count). The van der Waals surface area contributed by atoms with Crippen molar-refractivity contribution in [3.05, 3.63) is 23.8 Å². The van der Waals surface area contributed by atoms with Crippen LogP contribution in [0.2, 0.25) is 0 Å². The van der Waals surface area contributed by atoms with Gasteiger partial charge in [-0.2, -0.15) is 5.26 Å². The molecule has 4 heteroatoms. The molecule has 1 aliphatic rings. The highest BCUT2D eigenvalue weighted by Crippen LogP contribution is 2.38. The Morgan fingerprint density at radius 1 is 1.67 bits per heavy atom. The first-order chi connectivity index (χ1) is 7.22. The second kappa shape index (κ2) is 3.44. The third-order valence-electron chi connectivity index (χ3n) is 2.54. The van der Waals surface area contributed by atoms with Crippen molar-refractivity contribution in [3.8, 4) is 17.6 Å². The van der Waals surface area contributed by atoms with Gasteiger partial charge < -0.3 is 9.84 Å². The maximum Gasteiger partial charge on any atom is 0.170 e. The van der Waals surface area contributed by atoms with Crippen LogP contribution in [0.4, 0.5) is 0 Å². The number of hydrogen-bond donors (Lipinski definition) is 2. The zero-order valence-electron chi connectivity index (χ0n) is 8.45. The molecular weight excluding hydrogens is 192 g/mol. The van der Waals surface area contributed by atoms with E-state index in [1.165, 1.54) is 6.07 Å². The predicted octanol–water partition coefficient (Wildman–Crippen LogP) is 1.11. The van der Waals surface area contributed by atoms with Gasteiger partial charge in [-0.15, -0.1) is 0 Å². The summed E-state index contributed by atoms with van der Waals surface area (Å²) in [5, 5.41) is 21.6. The van der Waals surface area contributed by atoms with Crippen LogP contribution >= 0.6 is 0 Å². The normalized spacial score (nSPS) is 22.9. The molecule has 0 aliphatic carbocycles. The topological polar surface area (TPSA) is 65.3 Å². The summed E-state index contributed by atoms with van der Waals surface area (Å²) in [6, 6.07) is 7.06. The van der Waals surface area contributed by atoms with E-state index in [1.54, 1.807) is 12.1 Å². The van der Waals surface area contributed by atoms with Crippen molar-refractivity contribution in [3.63, 3.8) is 0 Å². The largest absolute Gasteiger partial charge is 0.508 e. The van der Waals surface area contributed by atoms with E-state index in [9.17, 15) is 10.4 Å². The van der Waals surface area contributed by atoms with Gasteiger partial charge in [0, 0.05) is 11.6 Å². The van der Waals surface area contributed by atoms with Gasteiger partial charge in [0.25, 0.3) is 0 Å². The van der Waals surface area contributed by atoms with Crippen LogP contribution < -0.4 is 10.1 Å². The van der Waals surface area contributed by atoms with Crippen molar-refractivity contribution in [2.24, 2.45) is 0 Å². The zero-order valence-corrected chi connectivity index (χ0v) is 8.45. The number of nitrogens with zero attached hydrogens (tertiary/aromatic N) is 1. The molecule has 2 N–H and O–H groups in total. The van der Waals surface area contributed by atoms with Gasteiger partial charge in [-0.1, -0.05) is 6.92 Å². The van der Waals surface area contributed by atoms with Gasteiger partial charge in [0.1, 0.15) is 18.1 Å². The molecule has 0 saturated heterocycles. The molecule has 0 fully saturated rings. The lowest BCUT2D eigenvalue weighted by atomic mass is 9.93. The standard InChI is InChI=1S/C11H12N2O2/c1-2-13-11(6-12)7-15-10-5-8(14)3-4-9(10)11/h3-5,13-14H,2,7H2,1H3. The molecule has 0 saturated carbocycles. The second-order valence-electron chi connectivity index (χ2n) is 3.52. The maximum atomic E-state index is 9.29. The van der Waals surface area contributed by atoms with E-state index in [0.717, 1.165) is 5.56 Å². The van der Waals surface area contributed by atoms with E-state index in [0.29, 0.717) is 12.3 Å². The molecule has 1 unspecified atom stereocenters. The first-order valence-corrected chi connectivity index (χ1v) is 4.84. The van der Waals surface area contributed by atoms with Gasteiger partial charge in [0.15, 0.2) is 5.54 Å². The van der Waals surface area contributed by atoms with Crippen LogP contribution in [0.25, 0.3) is 0 Å². The molecule has 1 aromatic carbocycles. The van der Waals surface area contributed by atoms with Crippen LogP contribution in [-0.2, 0) is 5.54 Å².